The smallest absolute Gasteiger partial charge is 0.315 e. The molecule has 3 atom stereocenters. The first-order valence-corrected chi connectivity index (χ1v) is 12.8. The SMILES string of the molecule is CCC[C@H](NC(=O)NCc1ccc(C#N)cc1)C(=O)NC(CC)C(O)C(=O)NCc1cc(OC)cc(OC)c1. The molecule has 0 heterocycles. The molecule has 0 bridgehead atoms. The Bertz CT molecular complexity index is 1130. The Balaban J connectivity index is 1.93. The third kappa shape index (κ3) is 9.83. The normalized spacial score (nSPS) is 12.7. The lowest BCUT2D eigenvalue weighted by Crippen LogP contribution is -2.56. The van der Waals surface area contributed by atoms with Crippen LogP contribution in [0.2, 0.25) is 0 Å². The molecule has 0 spiro atoms. The Labute approximate surface area is 228 Å². The maximum absolute atomic E-state index is 13.0. The third-order valence-electron chi connectivity index (χ3n) is 6.03. The molecule has 0 saturated carbocycles. The first-order chi connectivity index (χ1) is 18.7. The van der Waals surface area contributed by atoms with Crippen molar-refractivity contribution < 1.29 is 29.0 Å². The second-order valence-corrected chi connectivity index (χ2v) is 8.88. The van der Waals surface area contributed by atoms with Crippen molar-refractivity contribution in [2.75, 3.05) is 14.2 Å². The summed E-state index contributed by atoms with van der Waals surface area (Å²) in [6.45, 7) is 3.95. The summed E-state index contributed by atoms with van der Waals surface area (Å²) in [6.07, 6.45) is -0.222. The number of rotatable bonds is 14. The number of nitrogens with one attached hydrogen (secondary N) is 4. The Hall–Kier alpha value is -4.30. The van der Waals surface area contributed by atoms with Crippen LogP contribution in [-0.4, -0.2) is 55.4 Å². The zero-order chi connectivity index (χ0) is 28.8. The predicted molar refractivity (Wildman–Crippen MR) is 145 cm³/mol. The second-order valence-electron chi connectivity index (χ2n) is 8.88. The number of ether oxygens (including phenoxy) is 2. The van der Waals surface area contributed by atoms with Crippen LogP contribution in [0.3, 0.4) is 0 Å². The molecule has 2 unspecified atom stereocenters. The van der Waals surface area contributed by atoms with Gasteiger partial charge in [0.05, 0.1) is 31.9 Å². The van der Waals surface area contributed by atoms with Gasteiger partial charge in [-0.2, -0.15) is 5.26 Å². The van der Waals surface area contributed by atoms with Gasteiger partial charge in [-0.15, -0.1) is 0 Å². The van der Waals surface area contributed by atoms with Crippen molar-refractivity contribution in [1.29, 1.82) is 5.26 Å². The van der Waals surface area contributed by atoms with Gasteiger partial charge in [0.2, 0.25) is 5.91 Å². The van der Waals surface area contributed by atoms with Crippen molar-refractivity contribution in [3.63, 3.8) is 0 Å². The van der Waals surface area contributed by atoms with E-state index in [-0.39, 0.29) is 19.5 Å². The minimum atomic E-state index is -1.50. The van der Waals surface area contributed by atoms with E-state index in [1.54, 1.807) is 49.4 Å². The highest BCUT2D eigenvalue weighted by Crippen LogP contribution is 2.22. The van der Waals surface area contributed by atoms with E-state index in [4.69, 9.17) is 14.7 Å². The Morgan fingerprint density at radius 1 is 0.897 bits per heavy atom. The van der Waals surface area contributed by atoms with E-state index in [2.05, 4.69) is 21.3 Å². The minimum Gasteiger partial charge on any atom is -0.497 e. The van der Waals surface area contributed by atoms with Gasteiger partial charge in [-0.05, 0) is 48.2 Å². The van der Waals surface area contributed by atoms with E-state index < -0.39 is 36.0 Å². The molecular weight excluding hydrogens is 502 g/mol. The second kappa shape index (κ2) is 15.8. The van der Waals surface area contributed by atoms with Crippen LogP contribution in [0.25, 0.3) is 0 Å². The van der Waals surface area contributed by atoms with Gasteiger partial charge in [0.1, 0.15) is 17.5 Å². The molecule has 0 saturated heterocycles. The van der Waals surface area contributed by atoms with Crippen molar-refractivity contribution in [3.8, 4) is 17.6 Å². The number of benzene rings is 2. The van der Waals surface area contributed by atoms with Crippen molar-refractivity contribution in [2.24, 2.45) is 0 Å². The van der Waals surface area contributed by atoms with E-state index in [1.165, 1.54) is 14.2 Å². The molecular formula is C28H37N5O6. The molecule has 0 aliphatic carbocycles. The van der Waals surface area contributed by atoms with Crippen LogP contribution in [0.15, 0.2) is 42.5 Å². The first kappa shape index (κ1) is 30.9. The minimum absolute atomic E-state index is 0.118. The van der Waals surface area contributed by atoms with E-state index >= 15 is 0 Å². The number of aliphatic hydroxyl groups is 1. The highest BCUT2D eigenvalue weighted by atomic mass is 16.5. The highest BCUT2D eigenvalue weighted by Gasteiger charge is 2.29. The lowest BCUT2D eigenvalue weighted by Gasteiger charge is -2.25. The summed E-state index contributed by atoms with van der Waals surface area (Å²) in [5, 5.41) is 30.3. The number of nitrogens with zero attached hydrogens (tertiary/aromatic N) is 1. The Morgan fingerprint density at radius 3 is 2.05 bits per heavy atom. The number of aliphatic hydroxyl groups excluding tert-OH is 1. The average Bonchev–Trinajstić information content (AvgIpc) is 2.96. The summed E-state index contributed by atoms with van der Waals surface area (Å²) in [7, 11) is 3.05. The molecule has 11 heteroatoms. The van der Waals surface area contributed by atoms with Gasteiger partial charge in [-0.1, -0.05) is 32.4 Å². The molecule has 210 valence electrons. The molecule has 39 heavy (non-hydrogen) atoms. The molecule has 4 amide bonds. The fraction of sp³-hybridized carbons (Fsp3) is 0.429. The van der Waals surface area contributed by atoms with Crippen molar-refractivity contribution in [3.05, 3.63) is 59.2 Å². The quantitative estimate of drug-likeness (QED) is 0.246. The van der Waals surface area contributed by atoms with Gasteiger partial charge >= 0.3 is 6.03 Å². The first-order valence-electron chi connectivity index (χ1n) is 12.8. The van der Waals surface area contributed by atoms with Gasteiger partial charge in [0.15, 0.2) is 6.10 Å². The topological polar surface area (TPSA) is 162 Å². The fourth-order valence-electron chi connectivity index (χ4n) is 3.78. The molecule has 2 rings (SSSR count). The van der Waals surface area contributed by atoms with Crippen LogP contribution in [0, 0.1) is 11.3 Å². The van der Waals surface area contributed by atoms with Gasteiger partial charge in [0.25, 0.3) is 5.91 Å². The number of hydrogen-bond donors (Lipinski definition) is 5. The van der Waals surface area contributed by atoms with Crippen LogP contribution < -0.4 is 30.7 Å². The number of methoxy groups -OCH3 is 2. The maximum atomic E-state index is 13.0. The standard InChI is InChI=1S/C28H37N5O6/c1-5-7-24(33-28(37)31-16-19-10-8-18(15-29)9-11-19)26(35)32-23(6-2)25(34)27(36)30-17-20-12-21(38-3)14-22(13-20)39-4/h8-14,23-25,34H,5-7,16-17H2,1-4H3,(H,30,36)(H,32,35)(H2,31,33,37)/t23?,24-,25?/m0/s1. The van der Waals surface area contributed by atoms with E-state index in [9.17, 15) is 19.5 Å². The van der Waals surface area contributed by atoms with Gasteiger partial charge in [-0.25, -0.2) is 4.79 Å². The Kier molecular flexibility index (Phi) is 12.6. The molecule has 2 aromatic carbocycles. The molecule has 2 aromatic rings. The number of hydrogen-bond acceptors (Lipinski definition) is 7. The van der Waals surface area contributed by atoms with E-state index in [0.717, 1.165) is 5.56 Å². The van der Waals surface area contributed by atoms with Crippen LogP contribution >= 0.6 is 0 Å². The lowest BCUT2D eigenvalue weighted by molar-refractivity contribution is -0.132. The number of nitriles is 1. The largest absolute Gasteiger partial charge is 0.497 e. The van der Waals surface area contributed by atoms with Gasteiger partial charge in [0, 0.05) is 19.2 Å². The summed E-state index contributed by atoms with van der Waals surface area (Å²) in [5.74, 6) is -0.0211. The zero-order valence-corrected chi connectivity index (χ0v) is 22.7. The van der Waals surface area contributed by atoms with Crippen LogP contribution in [0.5, 0.6) is 11.5 Å². The zero-order valence-electron chi connectivity index (χ0n) is 22.7. The van der Waals surface area contributed by atoms with Crippen LogP contribution in [0.4, 0.5) is 4.79 Å². The predicted octanol–water partition coefficient (Wildman–Crippen LogP) is 2.12. The molecule has 5 N–H and O–H groups in total. The maximum Gasteiger partial charge on any atom is 0.315 e. The summed E-state index contributed by atoms with van der Waals surface area (Å²) in [5.41, 5.74) is 2.03. The summed E-state index contributed by atoms with van der Waals surface area (Å²) >= 11 is 0. The van der Waals surface area contributed by atoms with Crippen LogP contribution in [0.1, 0.15) is 49.8 Å². The number of carbonyl (C=O) groups is 3. The van der Waals surface area contributed by atoms with E-state index in [1.807, 2.05) is 13.0 Å². The summed E-state index contributed by atoms with van der Waals surface area (Å²) in [6, 6.07) is 11.7. The molecule has 0 aromatic heterocycles. The Morgan fingerprint density at radius 2 is 1.51 bits per heavy atom. The summed E-state index contributed by atoms with van der Waals surface area (Å²) < 4.78 is 10.5. The van der Waals surface area contributed by atoms with Crippen molar-refractivity contribution in [1.82, 2.24) is 21.3 Å². The average molecular weight is 540 g/mol. The van der Waals surface area contributed by atoms with Crippen molar-refractivity contribution >= 4 is 17.8 Å². The third-order valence-corrected chi connectivity index (χ3v) is 6.03. The fourth-order valence-corrected chi connectivity index (χ4v) is 3.78. The number of carbonyl (C=O) groups excluding carboxylic acids is 3. The van der Waals surface area contributed by atoms with Gasteiger partial charge < -0.3 is 35.8 Å². The van der Waals surface area contributed by atoms with Crippen LogP contribution in [-0.2, 0) is 22.7 Å². The summed E-state index contributed by atoms with van der Waals surface area (Å²) in [4.78, 5) is 38.1. The molecule has 0 radical (unpaired) electrons. The number of urea groups is 1. The molecule has 0 aliphatic rings. The highest BCUT2D eigenvalue weighted by molar-refractivity contribution is 5.88. The van der Waals surface area contributed by atoms with Gasteiger partial charge in [-0.3, -0.25) is 9.59 Å². The van der Waals surface area contributed by atoms with Crippen molar-refractivity contribution in [2.45, 2.75) is 64.4 Å². The number of amides is 4. The molecule has 0 aliphatic heterocycles. The molecule has 11 nitrogen and oxygen atoms in total. The molecule has 0 fully saturated rings. The lowest BCUT2D eigenvalue weighted by atomic mass is 10.1. The monoisotopic (exact) mass is 539 g/mol. The van der Waals surface area contributed by atoms with E-state index in [0.29, 0.717) is 35.5 Å².